The van der Waals surface area contributed by atoms with E-state index in [1.54, 1.807) is 0 Å². The van der Waals surface area contributed by atoms with Crippen LogP contribution in [0.25, 0.3) is 0 Å². The van der Waals surface area contributed by atoms with Crippen molar-refractivity contribution in [3.05, 3.63) is 59.2 Å². The van der Waals surface area contributed by atoms with Crippen LogP contribution in [0.15, 0.2) is 42.5 Å². The largest absolute Gasteiger partial charge is 0.483 e. The van der Waals surface area contributed by atoms with Gasteiger partial charge >= 0.3 is 0 Å². The molecule has 0 aromatic heterocycles. The van der Waals surface area contributed by atoms with E-state index in [-0.39, 0.29) is 5.92 Å². The lowest BCUT2D eigenvalue weighted by atomic mass is 9.75. The molecule has 1 unspecified atom stereocenters. The van der Waals surface area contributed by atoms with E-state index >= 15 is 0 Å². The maximum atomic E-state index is 9.44. The number of rotatable bonds is 3. The molecule has 124 valence electrons. The van der Waals surface area contributed by atoms with E-state index < -0.39 is 5.60 Å². The van der Waals surface area contributed by atoms with Crippen LogP contribution < -0.4 is 9.64 Å². The predicted octanol–water partition coefficient (Wildman–Crippen LogP) is 4.76. The Kier molecular flexibility index (Phi) is 4.24. The van der Waals surface area contributed by atoms with Gasteiger partial charge in [0.15, 0.2) is 0 Å². The number of fused-ring (bicyclic) bond motifs is 1. The van der Waals surface area contributed by atoms with Crippen LogP contribution in [0.2, 0.25) is 0 Å². The molecule has 0 N–H and O–H groups in total. The number of hydrogen-bond donors (Lipinski definition) is 0. The second-order valence-electron chi connectivity index (χ2n) is 6.98. The molecule has 0 fully saturated rings. The summed E-state index contributed by atoms with van der Waals surface area (Å²) in [5.41, 5.74) is 4.09. The Morgan fingerprint density at radius 2 is 1.96 bits per heavy atom. The van der Waals surface area contributed by atoms with Crippen LogP contribution >= 0.6 is 0 Å². The van der Waals surface area contributed by atoms with Crippen molar-refractivity contribution in [2.24, 2.45) is 0 Å². The first-order chi connectivity index (χ1) is 11.4. The lowest BCUT2D eigenvalue weighted by molar-refractivity contribution is 0.0646. The highest BCUT2D eigenvalue weighted by Crippen LogP contribution is 2.44. The summed E-state index contributed by atoms with van der Waals surface area (Å²) in [7, 11) is 4.06. The second-order valence-corrected chi connectivity index (χ2v) is 6.98. The first-order valence-corrected chi connectivity index (χ1v) is 8.40. The summed E-state index contributed by atoms with van der Waals surface area (Å²) in [6, 6.07) is 16.9. The number of anilines is 1. The average molecular weight is 320 g/mol. The number of hydrogen-bond acceptors (Lipinski definition) is 3. The minimum absolute atomic E-state index is 0.0351. The molecule has 1 aliphatic carbocycles. The van der Waals surface area contributed by atoms with Gasteiger partial charge in [0.1, 0.15) is 11.4 Å². The van der Waals surface area contributed by atoms with Crippen LogP contribution in [-0.4, -0.2) is 14.1 Å². The molecular formula is C21H24N2O. The summed E-state index contributed by atoms with van der Waals surface area (Å²) in [4.78, 5) is 2.08. The lowest BCUT2D eigenvalue weighted by Crippen LogP contribution is -2.35. The molecule has 2 aromatic rings. The fourth-order valence-electron chi connectivity index (χ4n) is 3.45. The lowest BCUT2D eigenvalue weighted by Gasteiger charge is -2.38. The third-order valence-electron chi connectivity index (χ3n) is 5.00. The second kappa shape index (κ2) is 6.20. The van der Waals surface area contributed by atoms with Gasteiger partial charge in [-0.15, -0.1) is 0 Å². The monoisotopic (exact) mass is 320 g/mol. The molecule has 0 bridgehead atoms. The Labute approximate surface area is 144 Å². The van der Waals surface area contributed by atoms with Crippen LogP contribution in [0.4, 0.5) is 5.69 Å². The van der Waals surface area contributed by atoms with Gasteiger partial charge in [-0.05, 0) is 49.4 Å². The smallest absolute Gasteiger partial charge is 0.132 e. The van der Waals surface area contributed by atoms with E-state index in [1.165, 1.54) is 0 Å². The fourth-order valence-corrected chi connectivity index (χ4v) is 3.45. The third-order valence-corrected chi connectivity index (χ3v) is 5.00. The summed E-state index contributed by atoms with van der Waals surface area (Å²) in [6.07, 6.45) is 1.67. The number of aryl methyl sites for hydroxylation is 1. The average Bonchev–Trinajstić information content (AvgIpc) is 2.57. The first-order valence-electron chi connectivity index (χ1n) is 8.40. The summed E-state index contributed by atoms with van der Waals surface area (Å²) in [5.74, 6) is 0.876. The molecule has 3 heteroatoms. The van der Waals surface area contributed by atoms with Gasteiger partial charge in [-0.3, -0.25) is 0 Å². The molecule has 1 aliphatic rings. The van der Waals surface area contributed by atoms with Crippen molar-refractivity contribution in [1.82, 2.24) is 0 Å². The summed E-state index contributed by atoms with van der Waals surface area (Å²) in [5, 5.41) is 9.44. The van der Waals surface area contributed by atoms with Gasteiger partial charge in [0, 0.05) is 25.8 Å². The van der Waals surface area contributed by atoms with Crippen LogP contribution in [0.5, 0.6) is 5.75 Å². The third kappa shape index (κ3) is 2.85. The van der Waals surface area contributed by atoms with Crippen LogP contribution in [0.1, 0.15) is 42.4 Å². The first kappa shape index (κ1) is 16.4. The zero-order chi connectivity index (χ0) is 17.3. The highest BCUT2D eigenvalue weighted by molar-refractivity contribution is 5.53. The Balaban J connectivity index is 2.01. The van der Waals surface area contributed by atoms with Gasteiger partial charge in [0.2, 0.25) is 0 Å². The molecular weight excluding hydrogens is 296 g/mol. The SMILES string of the molecule is Cc1ccc(N(C)C)cc1O[C@@]1(C)CCC(C#N)c2ccccc21. The molecule has 0 saturated heterocycles. The molecule has 2 atom stereocenters. The summed E-state index contributed by atoms with van der Waals surface area (Å²) in [6.45, 7) is 4.21. The minimum atomic E-state index is -0.403. The normalized spacial score (nSPS) is 22.4. The van der Waals surface area contributed by atoms with Crippen LogP contribution in [0, 0.1) is 18.3 Å². The molecule has 24 heavy (non-hydrogen) atoms. The molecule has 2 aromatic carbocycles. The van der Waals surface area contributed by atoms with Crippen molar-refractivity contribution in [2.75, 3.05) is 19.0 Å². The van der Waals surface area contributed by atoms with Gasteiger partial charge in [0.25, 0.3) is 0 Å². The van der Waals surface area contributed by atoms with Crippen molar-refractivity contribution in [1.29, 1.82) is 5.26 Å². The van der Waals surface area contributed by atoms with Gasteiger partial charge in [-0.25, -0.2) is 0 Å². The zero-order valence-electron chi connectivity index (χ0n) is 14.8. The van der Waals surface area contributed by atoms with E-state index in [1.807, 2.05) is 26.2 Å². The van der Waals surface area contributed by atoms with Gasteiger partial charge < -0.3 is 9.64 Å². The van der Waals surface area contributed by atoms with Gasteiger partial charge in [-0.2, -0.15) is 5.26 Å². The van der Waals surface area contributed by atoms with Crippen molar-refractivity contribution in [3.63, 3.8) is 0 Å². The minimum Gasteiger partial charge on any atom is -0.483 e. The quantitative estimate of drug-likeness (QED) is 0.818. The molecule has 0 amide bonds. The Bertz CT molecular complexity index is 791. The van der Waals surface area contributed by atoms with Crippen molar-refractivity contribution in [3.8, 4) is 11.8 Å². The van der Waals surface area contributed by atoms with Gasteiger partial charge in [0.05, 0.1) is 12.0 Å². The topological polar surface area (TPSA) is 36.3 Å². The Morgan fingerprint density at radius 3 is 2.67 bits per heavy atom. The number of nitrogens with zero attached hydrogens (tertiary/aromatic N) is 2. The zero-order valence-corrected chi connectivity index (χ0v) is 14.8. The highest BCUT2D eigenvalue weighted by Gasteiger charge is 2.38. The van der Waals surface area contributed by atoms with Crippen molar-refractivity contribution < 1.29 is 4.74 Å². The molecule has 0 spiro atoms. The van der Waals surface area contributed by atoms with Crippen LogP contribution in [-0.2, 0) is 5.60 Å². The van der Waals surface area contributed by atoms with E-state index in [0.717, 1.165) is 41.0 Å². The maximum absolute atomic E-state index is 9.44. The molecule has 0 aliphatic heterocycles. The van der Waals surface area contributed by atoms with E-state index in [0.29, 0.717) is 0 Å². The van der Waals surface area contributed by atoms with E-state index in [9.17, 15) is 5.26 Å². The Morgan fingerprint density at radius 1 is 1.21 bits per heavy atom. The summed E-state index contributed by atoms with van der Waals surface area (Å²) < 4.78 is 6.55. The molecule has 3 nitrogen and oxygen atoms in total. The predicted molar refractivity (Wildman–Crippen MR) is 97.5 cm³/mol. The number of nitriles is 1. The van der Waals surface area contributed by atoms with E-state index in [4.69, 9.17) is 4.74 Å². The standard InChI is InChI=1S/C21H24N2O/c1-15-9-10-17(23(3)4)13-20(15)24-21(2)12-11-16(14-22)18-7-5-6-8-19(18)21/h5-10,13,16H,11-12H2,1-4H3/t16?,21-/m0/s1. The summed E-state index contributed by atoms with van der Waals surface area (Å²) >= 11 is 0. The molecule has 0 saturated carbocycles. The molecule has 3 rings (SSSR count). The molecule has 0 radical (unpaired) electrons. The molecule has 0 heterocycles. The Hall–Kier alpha value is -2.47. The van der Waals surface area contributed by atoms with Crippen LogP contribution in [0.3, 0.4) is 0 Å². The number of benzene rings is 2. The van der Waals surface area contributed by atoms with E-state index in [2.05, 4.69) is 55.1 Å². The van der Waals surface area contributed by atoms with Crippen molar-refractivity contribution >= 4 is 5.69 Å². The maximum Gasteiger partial charge on any atom is 0.132 e. The number of ether oxygens (including phenoxy) is 1. The van der Waals surface area contributed by atoms with Gasteiger partial charge in [-0.1, -0.05) is 30.3 Å². The fraction of sp³-hybridized carbons (Fsp3) is 0.381. The highest BCUT2D eigenvalue weighted by atomic mass is 16.5. The van der Waals surface area contributed by atoms with Crippen molar-refractivity contribution in [2.45, 2.75) is 38.2 Å².